The normalized spacial score (nSPS) is 12.8. The minimum absolute atomic E-state index is 0. The van der Waals surface area contributed by atoms with Crippen molar-refractivity contribution in [3.8, 4) is 0 Å². The molecule has 59 heavy (non-hydrogen) atoms. The Kier molecular flexibility index (Phi) is 54.5. The Hall–Kier alpha value is 1.000. The van der Waals surface area contributed by atoms with Crippen LogP contribution in [0.5, 0.6) is 0 Å². The van der Waals surface area contributed by atoms with E-state index in [0.717, 1.165) is 51.4 Å². The van der Waals surface area contributed by atoms with E-state index < -0.39 is 20.8 Å². The molecule has 0 heterocycles. The molecule has 8 nitrogen and oxygen atoms in total. The summed E-state index contributed by atoms with van der Waals surface area (Å²) < 4.78 is 73.7. The van der Waals surface area contributed by atoms with Crippen LogP contribution in [0.15, 0.2) is 0 Å². The second kappa shape index (κ2) is 50.0. The van der Waals surface area contributed by atoms with Crippen LogP contribution in [-0.2, 0) is 29.2 Å². The number of hydrogen-bond donors (Lipinski definition) is 0. The molecule has 0 aliphatic carbocycles. The fourth-order valence-corrected chi connectivity index (χ4v) is 8.67. The quantitative estimate of drug-likeness (QED) is 0.0255. The molecule has 2 atom stereocenters. The van der Waals surface area contributed by atoms with Gasteiger partial charge in [-0.15, -0.1) is 0 Å². The summed E-state index contributed by atoms with van der Waals surface area (Å²) in [6.07, 6.45) is 50.5. The van der Waals surface area contributed by atoms with Gasteiger partial charge in [0.15, 0.2) is 0 Å². The minimum Gasteiger partial charge on any atom is -0.726 e. The first-order valence-electron chi connectivity index (χ1n) is 25.2. The summed E-state index contributed by atoms with van der Waals surface area (Å²) in [6.45, 7) is 9.06. The maximum atomic E-state index is 10.8. The maximum Gasteiger partial charge on any atom is 2.00 e. The summed E-state index contributed by atoms with van der Waals surface area (Å²) in [4.78, 5) is 0. The van der Waals surface area contributed by atoms with Gasteiger partial charge >= 0.3 is 37.7 Å². The molecule has 2 unspecified atom stereocenters. The van der Waals surface area contributed by atoms with Crippen LogP contribution in [0.3, 0.4) is 0 Å². The van der Waals surface area contributed by atoms with E-state index in [0.29, 0.717) is 0 Å². The molecule has 0 spiro atoms. The Morgan fingerprint density at radius 3 is 0.610 bits per heavy atom. The van der Waals surface area contributed by atoms with Crippen LogP contribution in [-0.4, -0.2) is 76.9 Å². The number of hydrogen-bond acceptors (Lipinski definition) is 8. The molecular weight excluding hydrogens is 809 g/mol. The van der Waals surface area contributed by atoms with E-state index in [-0.39, 0.29) is 62.8 Å². The molecule has 0 aromatic heterocycles. The molecule has 0 rings (SSSR count). The van der Waals surface area contributed by atoms with Crippen LogP contribution >= 0.6 is 0 Å². The Morgan fingerprint density at radius 2 is 0.458 bits per heavy atom. The average molecular weight is 908 g/mol. The summed E-state index contributed by atoms with van der Waals surface area (Å²) in [5.41, 5.74) is 0. The van der Waals surface area contributed by atoms with Crippen LogP contribution in [0.25, 0.3) is 0 Å². The topological polar surface area (TPSA) is 133 Å². The monoisotopic (exact) mass is 907 g/mol. The van der Waals surface area contributed by atoms with Crippen LogP contribution in [0.4, 0.5) is 0 Å². The van der Waals surface area contributed by atoms with Gasteiger partial charge in [-0.3, -0.25) is 8.37 Å². The summed E-state index contributed by atoms with van der Waals surface area (Å²) >= 11 is 0. The first kappa shape index (κ1) is 64.3. The van der Waals surface area contributed by atoms with Crippen LogP contribution in [0.2, 0.25) is 0 Å². The zero-order chi connectivity index (χ0) is 43.3. The van der Waals surface area contributed by atoms with E-state index in [1.807, 2.05) is 0 Å². The smallest absolute Gasteiger partial charge is 0.726 e. The Bertz CT molecular complexity index is 933. The molecule has 0 saturated carbocycles. The van der Waals surface area contributed by atoms with Gasteiger partial charge in [-0.25, -0.2) is 16.8 Å². The molecular formula is C48H98CaO8S2. The number of unbranched alkanes of at least 4 members (excludes halogenated alkanes) is 32. The summed E-state index contributed by atoms with van der Waals surface area (Å²) in [5.74, 6) is 0.404. The van der Waals surface area contributed by atoms with E-state index in [1.165, 1.54) is 205 Å². The van der Waals surface area contributed by atoms with Gasteiger partial charge in [-0.2, -0.15) is 0 Å². The molecule has 0 aromatic rings. The maximum absolute atomic E-state index is 10.8. The minimum atomic E-state index is -4.57. The van der Waals surface area contributed by atoms with E-state index in [9.17, 15) is 25.9 Å². The molecule has 0 aromatic carbocycles. The van der Waals surface area contributed by atoms with Crippen molar-refractivity contribution in [1.82, 2.24) is 0 Å². The van der Waals surface area contributed by atoms with Gasteiger partial charge in [0.1, 0.15) is 0 Å². The van der Waals surface area contributed by atoms with Crippen molar-refractivity contribution in [3.05, 3.63) is 0 Å². The van der Waals surface area contributed by atoms with Crippen molar-refractivity contribution in [1.29, 1.82) is 0 Å². The fraction of sp³-hybridized carbons (Fsp3) is 1.00. The van der Waals surface area contributed by atoms with E-state index in [4.69, 9.17) is 0 Å². The number of rotatable bonds is 46. The van der Waals surface area contributed by atoms with Crippen molar-refractivity contribution < 1.29 is 34.3 Å². The van der Waals surface area contributed by atoms with E-state index in [1.54, 1.807) is 0 Å². The second-order valence-electron chi connectivity index (χ2n) is 17.6. The first-order chi connectivity index (χ1) is 28.0. The van der Waals surface area contributed by atoms with E-state index in [2.05, 4.69) is 36.1 Å². The van der Waals surface area contributed by atoms with Gasteiger partial charge < -0.3 is 9.11 Å². The molecule has 0 bridgehead atoms. The van der Waals surface area contributed by atoms with Crippen LogP contribution in [0.1, 0.15) is 285 Å². The molecule has 0 aliphatic rings. The van der Waals surface area contributed by atoms with Crippen molar-refractivity contribution in [2.45, 2.75) is 285 Å². The molecule has 0 aliphatic heterocycles. The third kappa shape index (κ3) is 59.0. The molecule has 352 valence electrons. The van der Waals surface area contributed by atoms with Gasteiger partial charge in [0.05, 0.1) is 13.2 Å². The summed E-state index contributed by atoms with van der Waals surface area (Å²) in [5, 5.41) is 0. The van der Waals surface area contributed by atoms with Crippen molar-refractivity contribution in [3.63, 3.8) is 0 Å². The predicted octanol–water partition coefficient (Wildman–Crippen LogP) is 15.5. The van der Waals surface area contributed by atoms with Gasteiger partial charge in [0.25, 0.3) is 0 Å². The Labute approximate surface area is 399 Å². The van der Waals surface area contributed by atoms with Crippen molar-refractivity contribution >= 4 is 58.5 Å². The fourth-order valence-electron chi connectivity index (χ4n) is 7.96. The zero-order valence-corrected chi connectivity index (χ0v) is 43.5. The van der Waals surface area contributed by atoms with Gasteiger partial charge in [-0.05, 0) is 37.5 Å². The van der Waals surface area contributed by atoms with Gasteiger partial charge in [0.2, 0.25) is 20.8 Å². The summed E-state index contributed by atoms with van der Waals surface area (Å²) in [7, 11) is -9.13. The van der Waals surface area contributed by atoms with Crippen molar-refractivity contribution in [2.24, 2.45) is 11.8 Å². The molecule has 11 heteroatoms. The average Bonchev–Trinajstić information content (AvgIpc) is 3.18. The molecule has 0 saturated heterocycles. The van der Waals surface area contributed by atoms with E-state index >= 15 is 0 Å². The SMILES string of the molecule is CCCCCCCCCCCCCCCC(CCCCCCC)COS(=O)(=O)[O-].CCCCCCCCCCCCCCCC(CCCCCCC)COS(=O)(=O)[O-].[Ca+2]. The van der Waals surface area contributed by atoms with Crippen LogP contribution < -0.4 is 0 Å². The second-order valence-corrected chi connectivity index (χ2v) is 19.7. The zero-order valence-electron chi connectivity index (χ0n) is 39.6. The predicted molar refractivity (Wildman–Crippen MR) is 251 cm³/mol. The third-order valence-electron chi connectivity index (χ3n) is 11.8. The Balaban J connectivity index is -0.00000105. The van der Waals surface area contributed by atoms with Gasteiger partial charge in [0, 0.05) is 0 Å². The van der Waals surface area contributed by atoms with Crippen LogP contribution in [0, 0.1) is 11.8 Å². The standard InChI is InChI=1S/2C24H50O4S.Ca/c2*1-3-5-7-9-10-11-12-13-14-15-16-18-20-22-24(23-28-29(25,26)27)21-19-17-8-6-4-2;/h2*24H,3-23H2,1-2H3,(H,25,26,27);/q;;+2/p-2. The molecule has 0 amide bonds. The Morgan fingerprint density at radius 1 is 0.305 bits per heavy atom. The molecule has 0 N–H and O–H groups in total. The third-order valence-corrected chi connectivity index (χ3v) is 12.6. The first-order valence-corrected chi connectivity index (χ1v) is 27.9. The molecule has 0 fully saturated rings. The van der Waals surface area contributed by atoms with Gasteiger partial charge in [-0.1, -0.05) is 259 Å². The van der Waals surface area contributed by atoms with Crippen molar-refractivity contribution in [2.75, 3.05) is 13.2 Å². The largest absolute Gasteiger partial charge is 2.00 e. The molecule has 0 radical (unpaired) electrons. The summed E-state index contributed by atoms with van der Waals surface area (Å²) in [6, 6.07) is 0.